The third kappa shape index (κ3) is 6.35. The van der Waals surface area contributed by atoms with E-state index in [9.17, 15) is 23.1 Å². The molecule has 204 valence electrons. The van der Waals surface area contributed by atoms with Crippen molar-refractivity contribution in [3.8, 4) is 0 Å². The number of aliphatic carboxylic acids is 1. The van der Waals surface area contributed by atoms with Gasteiger partial charge in [-0.3, -0.25) is 0 Å². The molecule has 0 spiro atoms. The summed E-state index contributed by atoms with van der Waals surface area (Å²) in [6, 6.07) is 7.32. The largest absolute Gasteiger partial charge is 0.542 e. The first-order valence-electron chi connectivity index (χ1n) is 11.9. The number of ether oxygens (including phenoxy) is 3. The fourth-order valence-electron chi connectivity index (χ4n) is 5.14. The first-order valence-corrected chi connectivity index (χ1v) is 13.7. The highest BCUT2D eigenvalue weighted by atomic mass is 32.1. The maximum atomic E-state index is 13.4. The summed E-state index contributed by atoms with van der Waals surface area (Å²) in [7, 11) is 0. The third-order valence-corrected chi connectivity index (χ3v) is 9.07. The molecule has 37 heavy (non-hydrogen) atoms. The lowest BCUT2D eigenvalue weighted by atomic mass is 9.83. The van der Waals surface area contributed by atoms with Crippen LogP contribution in [0.5, 0.6) is 0 Å². The van der Waals surface area contributed by atoms with E-state index in [0.29, 0.717) is 28.9 Å². The number of quaternary nitrogens is 1. The molecule has 4 saturated heterocycles. The maximum absolute atomic E-state index is 13.4. The molecule has 8 nitrogen and oxygen atoms in total. The van der Waals surface area contributed by atoms with Crippen LogP contribution in [0.2, 0.25) is 0 Å². The van der Waals surface area contributed by atoms with Crippen molar-refractivity contribution in [3.63, 3.8) is 0 Å². The van der Waals surface area contributed by atoms with Crippen LogP contribution in [0.3, 0.4) is 0 Å². The standard InChI is InChI=1S/C22H28NO5S2.C2HF3O2/c24-21(22(25,18-3-1-13-29-18)19-4-2-14-30-19)28-17-15-23(8-5-16(17)6-9-23)10-7-20-26-11-12-27-20;3-2(4,5)1(6)7/h1-4,13-14,16-17,20,25H,5-12,15H2;(H,6,7)/q+1;/p-1/t16?,17-,23?;/m0./s1. The molecule has 0 saturated carbocycles. The molecule has 4 fully saturated rings. The zero-order valence-corrected chi connectivity index (χ0v) is 21.5. The molecule has 0 unspecified atom stereocenters. The highest BCUT2D eigenvalue weighted by Crippen LogP contribution is 2.40. The van der Waals surface area contributed by atoms with Crippen LogP contribution in [0.25, 0.3) is 0 Å². The van der Waals surface area contributed by atoms with E-state index in [1.54, 1.807) is 12.1 Å². The number of esters is 1. The Hall–Kier alpha value is -2.03. The molecule has 0 amide bonds. The van der Waals surface area contributed by atoms with Crippen molar-refractivity contribution in [2.24, 2.45) is 5.92 Å². The molecule has 4 aliphatic heterocycles. The summed E-state index contributed by atoms with van der Waals surface area (Å²) in [5.41, 5.74) is -1.73. The number of carboxylic acid groups (broad SMARTS) is 1. The summed E-state index contributed by atoms with van der Waals surface area (Å²) in [5, 5.41) is 24.1. The number of carboxylic acids is 1. The van der Waals surface area contributed by atoms with Gasteiger partial charge in [0, 0.05) is 25.2 Å². The summed E-state index contributed by atoms with van der Waals surface area (Å²) in [6.45, 7) is 5.38. The van der Waals surface area contributed by atoms with E-state index in [2.05, 4.69) is 0 Å². The number of carbonyl (C=O) groups is 2. The number of carbonyl (C=O) groups excluding carboxylic acids is 2. The average molecular weight is 564 g/mol. The Morgan fingerprint density at radius 3 is 2.08 bits per heavy atom. The van der Waals surface area contributed by atoms with Crippen molar-refractivity contribution < 1.29 is 51.7 Å². The van der Waals surface area contributed by atoms with Crippen LogP contribution in [0.1, 0.15) is 29.0 Å². The molecule has 0 aromatic carbocycles. The average Bonchev–Trinajstić information content (AvgIpc) is 3.66. The van der Waals surface area contributed by atoms with E-state index in [1.165, 1.54) is 22.7 Å². The predicted molar refractivity (Wildman–Crippen MR) is 125 cm³/mol. The molecule has 2 bridgehead atoms. The number of piperidine rings is 3. The summed E-state index contributed by atoms with van der Waals surface area (Å²) >= 11 is 2.76. The monoisotopic (exact) mass is 563 g/mol. The van der Waals surface area contributed by atoms with E-state index in [0.717, 1.165) is 49.9 Å². The number of alkyl halides is 3. The minimum absolute atomic E-state index is 0.0964. The molecule has 2 aromatic heterocycles. The lowest BCUT2D eigenvalue weighted by molar-refractivity contribution is -0.946. The van der Waals surface area contributed by atoms with Gasteiger partial charge in [0.15, 0.2) is 12.4 Å². The number of hydrogen-bond donors (Lipinski definition) is 1. The van der Waals surface area contributed by atoms with Gasteiger partial charge in [0.2, 0.25) is 5.60 Å². The van der Waals surface area contributed by atoms with Gasteiger partial charge < -0.3 is 33.7 Å². The minimum Gasteiger partial charge on any atom is -0.542 e. The van der Waals surface area contributed by atoms with Crippen LogP contribution < -0.4 is 5.11 Å². The van der Waals surface area contributed by atoms with Gasteiger partial charge in [-0.15, -0.1) is 22.7 Å². The van der Waals surface area contributed by atoms with E-state index in [1.807, 2.05) is 22.9 Å². The van der Waals surface area contributed by atoms with Gasteiger partial charge in [-0.25, -0.2) is 4.79 Å². The van der Waals surface area contributed by atoms with Crippen LogP contribution in [-0.2, 0) is 29.4 Å². The van der Waals surface area contributed by atoms with Crippen LogP contribution in [-0.4, -0.2) is 79.5 Å². The van der Waals surface area contributed by atoms with Gasteiger partial charge in [0.25, 0.3) is 0 Å². The zero-order chi connectivity index (χ0) is 26.7. The summed E-state index contributed by atoms with van der Waals surface area (Å²) in [4.78, 5) is 23.4. The topological polar surface area (TPSA) is 105 Å². The minimum atomic E-state index is -5.19. The van der Waals surface area contributed by atoms with Crippen molar-refractivity contribution in [1.82, 2.24) is 0 Å². The van der Waals surface area contributed by atoms with E-state index in [-0.39, 0.29) is 12.4 Å². The Labute approximate surface area is 219 Å². The van der Waals surface area contributed by atoms with Crippen LogP contribution in [0.15, 0.2) is 35.0 Å². The van der Waals surface area contributed by atoms with Crippen LogP contribution in [0.4, 0.5) is 13.2 Å². The zero-order valence-electron chi connectivity index (χ0n) is 19.9. The van der Waals surface area contributed by atoms with Crippen LogP contribution in [0, 0.1) is 5.92 Å². The summed E-state index contributed by atoms with van der Waals surface area (Å²) in [6.07, 6.45) is -2.46. The Kier molecular flexibility index (Phi) is 8.61. The second kappa shape index (κ2) is 11.4. The number of rotatable bonds is 7. The fraction of sp³-hybridized carbons (Fsp3) is 0.583. The molecule has 6 heterocycles. The van der Waals surface area contributed by atoms with Gasteiger partial charge in [0.05, 0.1) is 42.6 Å². The Bertz CT molecular complexity index is 997. The molecule has 0 aliphatic carbocycles. The number of halogens is 3. The third-order valence-electron chi connectivity index (χ3n) is 7.11. The van der Waals surface area contributed by atoms with Crippen molar-refractivity contribution in [2.45, 2.75) is 43.4 Å². The summed E-state index contributed by atoms with van der Waals surface area (Å²) in [5.74, 6) is -3.18. The first-order chi connectivity index (χ1) is 17.5. The molecule has 6 rings (SSSR count). The van der Waals surface area contributed by atoms with Crippen molar-refractivity contribution >= 4 is 34.6 Å². The second-order valence-electron chi connectivity index (χ2n) is 9.39. The Morgan fingerprint density at radius 1 is 1.08 bits per heavy atom. The Morgan fingerprint density at radius 2 is 1.62 bits per heavy atom. The molecular weight excluding hydrogens is 535 g/mol. The van der Waals surface area contributed by atoms with Crippen molar-refractivity contribution in [2.75, 3.05) is 39.4 Å². The molecule has 1 atom stereocenters. The number of nitrogens with zero attached hydrogens (tertiary/aromatic N) is 1. The van der Waals surface area contributed by atoms with E-state index < -0.39 is 23.7 Å². The Balaban J connectivity index is 0.000000405. The highest BCUT2D eigenvalue weighted by Gasteiger charge is 2.51. The number of aliphatic hydroxyl groups is 1. The normalized spacial score (nSPS) is 25.9. The highest BCUT2D eigenvalue weighted by molar-refractivity contribution is 7.12. The van der Waals surface area contributed by atoms with E-state index >= 15 is 0 Å². The van der Waals surface area contributed by atoms with Gasteiger partial charge in [0.1, 0.15) is 12.5 Å². The molecule has 2 aromatic rings. The SMILES string of the molecule is O=C(O[C@H]1C[N+]2(CCC3OCCO3)CCC1CC2)C(O)(c1cccs1)c1cccs1.O=C([O-])C(F)(F)F. The molecule has 0 radical (unpaired) electrons. The predicted octanol–water partition coefficient (Wildman–Crippen LogP) is 2.26. The van der Waals surface area contributed by atoms with E-state index in [4.69, 9.17) is 24.1 Å². The molecule has 4 aliphatic rings. The van der Waals surface area contributed by atoms with Gasteiger partial charge in [-0.1, -0.05) is 12.1 Å². The second-order valence-corrected chi connectivity index (χ2v) is 11.3. The lowest BCUT2D eigenvalue weighted by Crippen LogP contribution is -2.65. The molecule has 1 N–H and O–H groups in total. The van der Waals surface area contributed by atoms with Gasteiger partial charge in [-0.2, -0.15) is 13.2 Å². The van der Waals surface area contributed by atoms with Crippen molar-refractivity contribution in [3.05, 3.63) is 44.8 Å². The maximum Gasteiger partial charge on any atom is 0.430 e. The van der Waals surface area contributed by atoms with Gasteiger partial charge in [-0.05, 0) is 22.9 Å². The first kappa shape index (κ1) is 28.0. The molecule has 13 heteroatoms. The van der Waals surface area contributed by atoms with Gasteiger partial charge >= 0.3 is 12.1 Å². The quantitative estimate of drug-likeness (QED) is 0.407. The summed E-state index contributed by atoms with van der Waals surface area (Å²) < 4.78 is 49.8. The van der Waals surface area contributed by atoms with Crippen molar-refractivity contribution in [1.29, 1.82) is 0 Å². The number of hydrogen-bond acceptors (Lipinski definition) is 9. The molecular formula is C24H28F3NO7S2. The number of fused-ring (bicyclic) bond motifs is 3. The lowest BCUT2D eigenvalue weighted by Gasteiger charge is -2.52. The van der Waals surface area contributed by atoms with Crippen LogP contribution >= 0.6 is 22.7 Å². The fourth-order valence-corrected chi connectivity index (χ4v) is 6.85. The number of thiophene rings is 2. The smallest absolute Gasteiger partial charge is 0.430 e.